The Bertz CT molecular complexity index is 483. The van der Waals surface area contributed by atoms with Crippen LogP contribution < -0.4 is 4.74 Å². The summed E-state index contributed by atoms with van der Waals surface area (Å²) in [6.07, 6.45) is 0. The Morgan fingerprint density at radius 3 is 2.95 bits per heavy atom. The van der Waals surface area contributed by atoms with Crippen LogP contribution >= 0.6 is 0 Å². The van der Waals surface area contributed by atoms with E-state index in [0.29, 0.717) is 18.6 Å². The van der Waals surface area contributed by atoms with Crippen LogP contribution in [0.4, 0.5) is 0 Å². The summed E-state index contributed by atoms with van der Waals surface area (Å²) in [6, 6.07) is 8.56. The summed E-state index contributed by atoms with van der Waals surface area (Å²) in [7, 11) is 2.20. The highest BCUT2D eigenvalue weighted by atomic mass is 16.5. The molecule has 0 saturated carbocycles. The molecule has 1 aromatic carbocycles. The summed E-state index contributed by atoms with van der Waals surface area (Å²) >= 11 is 0. The van der Waals surface area contributed by atoms with Crippen LogP contribution in [0.25, 0.3) is 0 Å². The number of likely N-dealkylation sites (N-methyl/N-ethyl adjacent to an activating group) is 1. The summed E-state index contributed by atoms with van der Waals surface area (Å²) < 4.78 is 11.5. The third kappa shape index (κ3) is 3.79. The Balaban J connectivity index is 1.74. The van der Waals surface area contributed by atoms with E-state index in [1.54, 1.807) is 0 Å². The predicted molar refractivity (Wildman–Crippen MR) is 85.0 cm³/mol. The number of ether oxygens (including phenoxy) is 2. The Morgan fingerprint density at radius 1 is 1.23 bits per heavy atom. The second-order valence-electron chi connectivity index (χ2n) is 6.39. The summed E-state index contributed by atoms with van der Waals surface area (Å²) in [6.45, 7) is 6.16. The van der Waals surface area contributed by atoms with Gasteiger partial charge < -0.3 is 19.5 Å². The zero-order valence-corrected chi connectivity index (χ0v) is 13.3. The normalized spacial score (nSPS) is 26.6. The number of rotatable bonds is 5. The van der Waals surface area contributed by atoms with E-state index in [-0.39, 0.29) is 6.61 Å². The van der Waals surface area contributed by atoms with E-state index < -0.39 is 0 Å². The zero-order valence-electron chi connectivity index (χ0n) is 13.3. The maximum absolute atomic E-state index is 8.97. The lowest BCUT2D eigenvalue weighted by molar-refractivity contribution is 0.0560. The van der Waals surface area contributed by atoms with Gasteiger partial charge in [0, 0.05) is 43.7 Å². The molecule has 122 valence electrons. The van der Waals surface area contributed by atoms with Gasteiger partial charge in [-0.3, -0.25) is 4.90 Å². The van der Waals surface area contributed by atoms with Crippen LogP contribution in [-0.4, -0.2) is 74.1 Å². The van der Waals surface area contributed by atoms with Crippen molar-refractivity contribution in [3.63, 3.8) is 0 Å². The van der Waals surface area contributed by atoms with Gasteiger partial charge in [-0.25, -0.2) is 0 Å². The summed E-state index contributed by atoms with van der Waals surface area (Å²) in [5, 5.41) is 8.97. The zero-order chi connectivity index (χ0) is 15.4. The van der Waals surface area contributed by atoms with E-state index in [4.69, 9.17) is 14.6 Å². The molecule has 0 spiro atoms. The van der Waals surface area contributed by atoms with Gasteiger partial charge in [0.05, 0.1) is 19.8 Å². The molecule has 2 fully saturated rings. The van der Waals surface area contributed by atoms with Crippen LogP contribution in [0.1, 0.15) is 5.56 Å². The SMILES string of the molecule is CN1C[C@@H]2COC[C@H](C1)N(Cc1ccccc1OCCO)C2. The van der Waals surface area contributed by atoms with Gasteiger partial charge in [-0.05, 0) is 13.1 Å². The number of hydrogen-bond donors (Lipinski definition) is 1. The number of benzene rings is 1. The highest BCUT2D eigenvalue weighted by Gasteiger charge is 2.32. The minimum absolute atomic E-state index is 0.0430. The summed E-state index contributed by atoms with van der Waals surface area (Å²) in [5.41, 5.74) is 1.19. The lowest BCUT2D eigenvalue weighted by Crippen LogP contribution is -2.42. The monoisotopic (exact) mass is 306 g/mol. The van der Waals surface area contributed by atoms with E-state index in [1.165, 1.54) is 5.56 Å². The van der Waals surface area contributed by atoms with Crippen molar-refractivity contribution in [2.24, 2.45) is 5.92 Å². The molecule has 2 saturated heterocycles. The first-order valence-corrected chi connectivity index (χ1v) is 8.08. The Kier molecular flexibility index (Phi) is 5.31. The van der Waals surface area contributed by atoms with Crippen molar-refractivity contribution < 1.29 is 14.6 Å². The topological polar surface area (TPSA) is 45.2 Å². The van der Waals surface area contributed by atoms with Gasteiger partial charge in [0.25, 0.3) is 0 Å². The molecule has 2 bridgehead atoms. The second-order valence-corrected chi connectivity index (χ2v) is 6.39. The maximum atomic E-state index is 8.97. The molecule has 2 aliphatic heterocycles. The van der Waals surface area contributed by atoms with Crippen molar-refractivity contribution in [1.82, 2.24) is 9.80 Å². The molecule has 1 aromatic rings. The first-order valence-electron chi connectivity index (χ1n) is 8.08. The molecule has 1 N–H and O–H groups in total. The molecule has 2 heterocycles. The van der Waals surface area contributed by atoms with E-state index in [2.05, 4.69) is 22.9 Å². The standard InChI is InChI=1S/C17H26N2O3/c1-18-8-14-9-19(16(11-18)13-21-12-14)10-15-4-2-3-5-17(15)22-7-6-20/h2-5,14,16,20H,6-13H2,1H3/t14-,16-/m0/s1. The van der Waals surface area contributed by atoms with E-state index >= 15 is 0 Å². The number of nitrogens with zero attached hydrogens (tertiary/aromatic N) is 2. The Labute approximate surface area is 132 Å². The highest BCUT2D eigenvalue weighted by Crippen LogP contribution is 2.25. The lowest BCUT2D eigenvalue weighted by Gasteiger charge is -2.30. The molecular formula is C17H26N2O3. The van der Waals surface area contributed by atoms with Gasteiger partial charge in [-0.2, -0.15) is 0 Å². The number of fused-ring (bicyclic) bond motifs is 3. The third-order valence-electron chi connectivity index (χ3n) is 4.46. The predicted octanol–water partition coefficient (Wildman–Crippen LogP) is 0.820. The summed E-state index contributed by atoms with van der Waals surface area (Å²) in [5.74, 6) is 1.45. The van der Waals surface area contributed by atoms with Gasteiger partial charge in [-0.15, -0.1) is 0 Å². The van der Waals surface area contributed by atoms with Crippen molar-refractivity contribution in [2.75, 3.05) is 53.1 Å². The largest absolute Gasteiger partial charge is 0.491 e. The third-order valence-corrected chi connectivity index (χ3v) is 4.46. The van der Waals surface area contributed by atoms with Crippen molar-refractivity contribution >= 4 is 0 Å². The molecule has 2 aliphatic rings. The van der Waals surface area contributed by atoms with E-state index in [9.17, 15) is 0 Å². The van der Waals surface area contributed by atoms with Crippen LogP contribution in [0.2, 0.25) is 0 Å². The molecule has 0 aliphatic carbocycles. The van der Waals surface area contributed by atoms with Crippen molar-refractivity contribution in [1.29, 1.82) is 0 Å². The van der Waals surface area contributed by atoms with Crippen molar-refractivity contribution in [3.05, 3.63) is 29.8 Å². The quantitative estimate of drug-likeness (QED) is 0.873. The molecular weight excluding hydrogens is 280 g/mol. The molecule has 0 unspecified atom stereocenters. The van der Waals surface area contributed by atoms with Crippen LogP contribution in [0.15, 0.2) is 24.3 Å². The van der Waals surface area contributed by atoms with Gasteiger partial charge in [-0.1, -0.05) is 18.2 Å². The Hall–Kier alpha value is -1.14. The Morgan fingerprint density at radius 2 is 2.09 bits per heavy atom. The van der Waals surface area contributed by atoms with Gasteiger partial charge in [0.1, 0.15) is 12.4 Å². The molecule has 0 amide bonds. The van der Waals surface area contributed by atoms with Gasteiger partial charge >= 0.3 is 0 Å². The average Bonchev–Trinajstić information content (AvgIpc) is 2.76. The average molecular weight is 306 g/mol. The fourth-order valence-corrected chi connectivity index (χ4v) is 3.51. The minimum atomic E-state index is 0.0430. The smallest absolute Gasteiger partial charge is 0.123 e. The first-order chi connectivity index (χ1) is 10.8. The van der Waals surface area contributed by atoms with Gasteiger partial charge in [0.2, 0.25) is 0 Å². The number of hydrogen-bond acceptors (Lipinski definition) is 5. The number of aliphatic hydroxyl groups excluding tert-OH is 1. The number of aliphatic hydroxyl groups is 1. The summed E-state index contributed by atoms with van der Waals surface area (Å²) in [4.78, 5) is 4.95. The molecule has 3 rings (SSSR count). The first kappa shape index (κ1) is 15.7. The van der Waals surface area contributed by atoms with Crippen LogP contribution in [-0.2, 0) is 11.3 Å². The fourth-order valence-electron chi connectivity index (χ4n) is 3.51. The fraction of sp³-hybridized carbons (Fsp3) is 0.647. The number of para-hydroxylation sites is 1. The van der Waals surface area contributed by atoms with Crippen molar-refractivity contribution in [3.8, 4) is 5.75 Å². The minimum Gasteiger partial charge on any atom is -0.491 e. The maximum Gasteiger partial charge on any atom is 0.123 e. The molecule has 2 atom stereocenters. The molecule has 5 heteroatoms. The molecule has 22 heavy (non-hydrogen) atoms. The van der Waals surface area contributed by atoms with Crippen LogP contribution in [0.3, 0.4) is 0 Å². The lowest BCUT2D eigenvalue weighted by atomic mass is 10.1. The molecule has 5 nitrogen and oxygen atoms in total. The van der Waals surface area contributed by atoms with Gasteiger partial charge in [0.15, 0.2) is 0 Å². The van der Waals surface area contributed by atoms with Crippen molar-refractivity contribution in [2.45, 2.75) is 12.6 Å². The molecule has 0 radical (unpaired) electrons. The highest BCUT2D eigenvalue weighted by molar-refractivity contribution is 5.33. The van der Waals surface area contributed by atoms with E-state index in [0.717, 1.165) is 45.1 Å². The second kappa shape index (κ2) is 7.42. The van der Waals surface area contributed by atoms with Crippen LogP contribution in [0.5, 0.6) is 5.75 Å². The molecule has 0 aromatic heterocycles. The van der Waals surface area contributed by atoms with Crippen LogP contribution in [0, 0.1) is 5.92 Å². The van der Waals surface area contributed by atoms with E-state index in [1.807, 2.05) is 18.2 Å².